The molecule has 25 heavy (non-hydrogen) atoms. The minimum atomic E-state index is -0.381. The third-order valence-corrected chi connectivity index (χ3v) is 4.51. The molecule has 1 heterocycles. The summed E-state index contributed by atoms with van der Waals surface area (Å²) in [7, 11) is 0. The maximum absolute atomic E-state index is 13.8. The molecule has 0 unspecified atom stereocenters. The lowest BCUT2D eigenvalue weighted by Crippen LogP contribution is -2.00. The first-order valence-electron chi connectivity index (χ1n) is 7.49. The molecule has 128 valence electrons. The van der Waals surface area contributed by atoms with Gasteiger partial charge >= 0.3 is 0 Å². The van der Waals surface area contributed by atoms with Crippen molar-refractivity contribution in [1.29, 1.82) is 0 Å². The molecule has 3 rings (SSSR count). The van der Waals surface area contributed by atoms with E-state index in [1.54, 1.807) is 24.4 Å². The second kappa shape index (κ2) is 8.09. The van der Waals surface area contributed by atoms with Gasteiger partial charge in [-0.3, -0.25) is 5.43 Å². The van der Waals surface area contributed by atoms with Crippen molar-refractivity contribution in [2.75, 3.05) is 5.43 Å². The SMILES string of the molecule is Cc1csc(NN=Cc2cccc(OCc3c(F)cccc3Cl)c2)n1. The number of hydrogen-bond donors (Lipinski definition) is 1. The molecule has 3 aromatic rings. The Morgan fingerprint density at radius 1 is 1.32 bits per heavy atom. The van der Waals surface area contributed by atoms with Crippen LogP contribution in [0.3, 0.4) is 0 Å². The Kier molecular flexibility index (Phi) is 5.63. The molecule has 1 N–H and O–H groups in total. The van der Waals surface area contributed by atoms with E-state index < -0.39 is 0 Å². The predicted octanol–water partition coefficient (Wildman–Crippen LogP) is 5.27. The zero-order chi connectivity index (χ0) is 17.6. The lowest BCUT2D eigenvalue weighted by Gasteiger charge is -2.09. The number of rotatable bonds is 6. The van der Waals surface area contributed by atoms with Gasteiger partial charge < -0.3 is 4.74 Å². The van der Waals surface area contributed by atoms with E-state index in [0.29, 0.717) is 16.3 Å². The molecular weight excluding hydrogens is 361 g/mol. The van der Waals surface area contributed by atoms with Crippen LogP contribution in [0.15, 0.2) is 52.9 Å². The van der Waals surface area contributed by atoms with Crippen LogP contribution in [0.25, 0.3) is 0 Å². The normalized spacial score (nSPS) is 11.0. The van der Waals surface area contributed by atoms with Gasteiger partial charge in [0.1, 0.15) is 18.2 Å². The molecule has 0 atom stereocenters. The summed E-state index contributed by atoms with van der Waals surface area (Å²) in [4.78, 5) is 4.26. The van der Waals surface area contributed by atoms with E-state index in [1.807, 2.05) is 30.5 Å². The summed E-state index contributed by atoms with van der Waals surface area (Å²) in [5.41, 5.74) is 5.01. The molecule has 7 heteroatoms. The summed E-state index contributed by atoms with van der Waals surface area (Å²) in [6.07, 6.45) is 1.67. The molecule has 0 saturated heterocycles. The average Bonchev–Trinajstić information content (AvgIpc) is 3.00. The summed E-state index contributed by atoms with van der Waals surface area (Å²) in [5.74, 6) is 0.224. The monoisotopic (exact) mass is 375 g/mol. The van der Waals surface area contributed by atoms with Crippen molar-refractivity contribution in [2.45, 2.75) is 13.5 Å². The average molecular weight is 376 g/mol. The van der Waals surface area contributed by atoms with Crippen molar-refractivity contribution in [3.05, 3.63) is 75.5 Å². The van der Waals surface area contributed by atoms with E-state index in [0.717, 1.165) is 16.4 Å². The first kappa shape index (κ1) is 17.4. The molecular formula is C18H15ClFN3OS. The Labute approximate surface area is 153 Å². The van der Waals surface area contributed by atoms with Crippen LogP contribution in [0.4, 0.5) is 9.52 Å². The number of hydrazone groups is 1. The van der Waals surface area contributed by atoms with Gasteiger partial charge in [-0.05, 0) is 36.8 Å². The molecule has 0 bridgehead atoms. The van der Waals surface area contributed by atoms with Crippen LogP contribution in [0, 0.1) is 12.7 Å². The molecule has 0 aliphatic carbocycles. The second-order valence-corrected chi connectivity index (χ2v) is 6.49. The van der Waals surface area contributed by atoms with Gasteiger partial charge in [-0.1, -0.05) is 29.8 Å². The zero-order valence-corrected chi connectivity index (χ0v) is 14.9. The molecule has 0 saturated carbocycles. The van der Waals surface area contributed by atoms with Crippen LogP contribution in [0.2, 0.25) is 5.02 Å². The Morgan fingerprint density at radius 3 is 2.92 bits per heavy atom. The number of hydrogen-bond acceptors (Lipinski definition) is 5. The van der Waals surface area contributed by atoms with E-state index in [1.165, 1.54) is 17.4 Å². The molecule has 0 aliphatic heterocycles. The Bertz CT molecular complexity index is 877. The van der Waals surface area contributed by atoms with Gasteiger partial charge in [-0.2, -0.15) is 5.10 Å². The summed E-state index contributed by atoms with van der Waals surface area (Å²) >= 11 is 7.49. The number of nitrogens with one attached hydrogen (secondary N) is 1. The molecule has 1 aromatic heterocycles. The Balaban J connectivity index is 1.63. The highest BCUT2D eigenvalue weighted by atomic mass is 35.5. The summed E-state index contributed by atoms with van der Waals surface area (Å²) in [6, 6.07) is 11.9. The zero-order valence-electron chi connectivity index (χ0n) is 13.4. The largest absolute Gasteiger partial charge is 0.489 e. The summed E-state index contributed by atoms with van der Waals surface area (Å²) in [5, 5.41) is 7.17. The highest BCUT2D eigenvalue weighted by Crippen LogP contribution is 2.22. The Morgan fingerprint density at radius 2 is 2.16 bits per heavy atom. The van der Waals surface area contributed by atoms with E-state index in [2.05, 4.69) is 15.5 Å². The van der Waals surface area contributed by atoms with Crippen molar-refractivity contribution in [2.24, 2.45) is 5.10 Å². The number of ether oxygens (including phenoxy) is 1. The molecule has 0 amide bonds. The van der Waals surface area contributed by atoms with Gasteiger partial charge in [0.05, 0.1) is 16.9 Å². The number of anilines is 1. The van der Waals surface area contributed by atoms with Crippen molar-refractivity contribution in [3.8, 4) is 5.75 Å². The van der Waals surface area contributed by atoms with Gasteiger partial charge in [0.2, 0.25) is 5.13 Å². The third-order valence-electron chi connectivity index (χ3n) is 3.30. The molecule has 0 aliphatic rings. The second-order valence-electron chi connectivity index (χ2n) is 5.23. The highest BCUT2D eigenvalue weighted by Gasteiger charge is 2.07. The van der Waals surface area contributed by atoms with Crippen molar-refractivity contribution >= 4 is 34.3 Å². The topological polar surface area (TPSA) is 46.5 Å². The fraction of sp³-hybridized carbons (Fsp3) is 0.111. The smallest absolute Gasteiger partial charge is 0.203 e. The van der Waals surface area contributed by atoms with E-state index in [-0.39, 0.29) is 12.4 Å². The number of aromatic nitrogens is 1. The fourth-order valence-corrected chi connectivity index (χ4v) is 2.93. The third kappa shape index (κ3) is 4.78. The van der Waals surface area contributed by atoms with Gasteiger partial charge in [0.15, 0.2) is 0 Å². The van der Waals surface area contributed by atoms with Gasteiger partial charge in [0, 0.05) is 10.9 Å². The quantitative estimate of drug-likeness (QED) is 0.471. The van der Waals surface area contributed by atoms with Crippen LogP contribution in [0.1, 0.15) is 16.8 Å². The van der Waals surface area contributed by atoms with E-state index in [4.69, 9.17) is 16.3 Å². The van der Waals surface area contributed by atoms with Gasteiger partial charge in [-0.15, -0.1) is 11.3 Å². The minimum Gasteiger partial charge on any atom is -0.489 e. The number of benzene rings is 2. The fourth-order valence-electron chi connectivity index (χ4n) is 2.08. The standard InChI is InChI=1S/C18H15ClFN3OS/c1-12-11-25-18(22-12)23-21-9-13-4-2-5-14(8-13)24-10-15-16(19)6-3-7-17(15)20/h2-9,11H,10H2,1H3,(H,22,23). The lowest BCUT2D eigenvalue weighted by molar-refractivity contribution is 0.300. The van der Waals surface area contributed by atoms with Crippen LogP contribution < -0.4 is 10.2 Å². The molecule has 0 fully saturated rings. The maximum Gasteiger partial charge on any atom is 0.203 e. The summed E-state index contributed by atoms with van der Waals surface area (Å²) < 4.78 is 19.4. The molecule has 0 radical (unpaired) electrons. The number of nitrogens with zero attached hydrogens (tertiary/aromatic N) is 2. The predicted molar refractivity (Wildman–Crippen MR) is 100 cm³/mol. The molecule has 2 aromatic carbocycles. The van der Waals surface area contributed by atoms with Crippen molar-refractivity contribution < 1.29 is 9.13 Å². The van der Waals surface area contributed by atoms with Crippen molar-refractivity contribution in [3.63, 3.8) is 0 Å². The first-order valence-corrected chi connectivity index (χ1v) is 8.74. The van der Waals surface area contributed by atoms with Crippen LogP contribution in [-0.4, -0.2) is 11.2 Å². The van der Waals surface area contributed by atoms with E-state index >= 15 is 0 Å². The van der Waals surface area contributed by atoms with Crippen LogP contribution >= 0.6 is 22.9 Å². The molecule has 4 nitrogen and oxygen atoms in total. The number of halogens is 2. The number of thiazole rings is 1. The van der Waals surface area contributed by atoms with Gasteiger partial charge in [0.25, 0.3) is 0 Å². The molecule has 0 spiro atoms. The van der Waals surface area contributed by atoms with Crippen LogP contribution in [0.5, 0.6) is 5.75 Å². The minimum absolute atomic E-state index is 0.0583. The first-order chi connectivity index (χ1) is 12.1. The lowest BCUT2D eigenvalue weighted by atomic mass is 10.2. The van der Waals surface area contributed by atoms with E-state index in [9.17, 15) is 4.39 Å². The van der Waals surface area contributed by atoms with Crippen LogP contribution in [-0.2, 0) is 6.61 Å². The summed E-state index contributed by atoms with van der Waals surface area (Å²) in [6.45, 7) is 1.98. The van der Waals surface area contributed by atoms with Crippen molar-refractivity contribution in [1.82, 2.24) is 4.98 Å². The van der Waals surface area contributed by atoms with Gasteiger partial charge in [-0.25, -0.2) is 9.37 Å². The maximum atomic E-state index is 13.8. The highest BCUT2D eigenvalue weighted by molar-refractivity contribution is 7.13. The Hall–Kier alpha value is -2.44. The number of aryl methyl sites for hydroxylation is 1.